The summed E-state index contributed by atoms with van der Waals surface area (Å²) in [5.41, 5.74) is 7.30. The molecule has 4 N–H and O–H groups in total. The fraction of sp³-hybridized carbons (Fsp3) is 0.500. The van der Waals surface area contributed by atoms with E-state index in [1.54, 1.807) is 20.3 Å². The van der Waals surface area contributed by atoms with Gasteiger partial charge in [0, 0.05) is 13.7 Å². The number of para-hydroxylation sites is 1. The maximum atomic E-state index is 8.96. The van der Waals surface area contributed by atoms with Gasteiger partial charge < -0.3 is 25.6 Å². The Morgan fingerprint density at radius 1 is 1.41 bits per heavy atom. The lowest BCUT2D eigenvalue weighted by molar-refractivity contribution is 0.170. The van der Waals surface area contributed by atoms with E-state index in [0.717, 1.165) is 5.69 Å². The lowest BCUT2D eigenvalue weighted by Gasteiger charge is -2.20. The van der Waals surface area contributed by atoms with Crippen molar-refractivity contribution in [2.24, 2.45) is 0 Å². The summed E-state index contributed by atoms with van der Waals surface area (Å²) in [6, 6.07) is 5.57. The quantitative estimate of drug-likeness (QED) is 0.622. The van der Waals surface area contributed by atoms with Gasteiger partial charge in [-0.1, -0.05) is 6.07 Å². The van der Waals surface area contributed by atoms with Gasteiger partial charge in [-0.25, -0.2) is 0 Å². The van der Waals surface area contributed by atoms with E-state index in [0.29, 0.717) is 24.5 Å². The Balaban J connectivity index is 2.77. The van der Waals surface area contributed by atoms with Gasteiger partial charge in [0.25, 0.3) is 0 Å². The summed E-state index contributed by atoms with van der Waals surface area (Å²) in [5, 5.41) is 12.2. The van der Waals surface area contributed by atoms with Crippen LogP contribution in [0.1, 0.15) is 6.42 Å². The first kappa shape index (κ1) is 13.6. The molecule has 1 rings (SSSR count). The molecule has 1 aromatic rings. The predicted molar refractivity (Wildman–Crippen MR) is 68.4 cm³/mol. The van der Waals surface area contributed by atoms with Crippen LogP contribution in [0.4, 0.5) is 11.4 Å². The molecule has 17 heavy (non-hydrogen) atoms. The largest absolute Gasteiger partial charge is 0.495 e. The number of nitrogen functional groups attached to an aromatic ring is 1. The van der Waals surface area contributed by atoms with E-state index in [-0.39, 0.29) is 12.6 Å². The lowest BCUT2D eigenvalue weighted by Crippen LogP contribution is -2.26. The van der Waals surface area contributed by atoms with Crippen LogP contribution >= 0.6 is 0 Å². The molecule has 0 aliphatic carbocycles. The molecular formula is C12H20N2O3. The summed E-state index contributed by atoms with van der Waals surface area (Å²) in [5.74, 6) is 0.634. The minimum atomic E-state index is 0.0272. The third-order valence-corrected chi connectivity index (χ3v) is 2.49. The molecule has 1 aromatic carbocycles. The highest BCUT2D eigenvalue weighted by Gasteiger charge is 2.11. The number of hydrogen-bond donors (Lipinski definition) is 3. The molecule has 0 aliphatic heterocycles. The van der Waals surface area contributed by atoms with Crippen LogP contribution in [0.5, 0.6) is 5.75 Å². The van der Waals surface area contributed by atoms with Gasteiger partial charge in [0.05, 0.1) is 31.1 Å². The Morgan fingerprint density at radius 2 is 2.18 bits per heavy atom. The fourth-order valence-electron chi connectivity index (χ4n) is 1.62. The van der Waals surface area contributed by atoms with Gasteiger partial charge in [-0.3, -0.25) is 0 Å². The number of rotatable bonds is 7. The molecule has 0 aromatic heterocycles. The highest BCUT2D eigenvalue weighted by Crippen LogP contribution is 2.29. The zero-order chi connectivity index (χ0) is 12.7. The van der Waals surface area contributed by atoms with Gasteiger partial charge >= 0.3 is 0 Å². The van der Waals surface area contributed by atoms with Gasteiger partial charge in [0.2, 0.25) is 0 Å². The van der Waals surface area contributed by atoms with Crippen molar-refractivity contribution in [3.8, 4) is 5.75 Å². The lowest BCUT2D eigenvalue weighted by atomic mass is 10.2. The summed E-state index contributed by atoms with van der Waals surface area (Å²) in [6.45, 7) is 0.613. The third-order valence-electron chi connectivity index (χ3n) is 2.49. The Morgan fingerprint density at radius 3 is 2.76 bits per heavy atom. The number of nitrogens with two attached hydrogens (primary N) is 1. The highest BCUT2D eigenvalue weighted by molar-refractivity contribution is 5.73. The average Bonchev–Trinajstić information content (AvgIpc) is 2.32. The number of methoxy groups -OCH3 is 2. The Kier molecular flexibility index (Phi) is 5.59. The van der Waals surface area contributed by atoms with Crippen LogP contribution in [0.25, 0.3) is 0 Å². The third kappa shape index (κ3) is 3.80. The van der Waals surface area contributed by atoms with Crippen LogP contribution in [0.15, 0.2) is 18.2 Å². The van der Waals surface area contributed by atoms with Gasteiger partial charge in [-0.2, -0.15) is 0 Å². The SMILES string of the molecule is COCC(CCO)Nc1cccc(OC)c1N. The van der Waals surface area contributed by atoms with E-state index in [1.807, 2.05) is 12.1 Å². The first-order valence-corrected chi connectivity index (χ1v) is 5.51. The zero-order valence-corrected chi connectivity index (χ0v) is 10.3. The first-order valence-electron chi connectivity index (χ1n) is 5.51. The number of aliphatic hydroxyl groups is 1. The Hall–Kier alpha value is -1.46. The highest BCUT2D eigenvalue weighted by atomic mass is 16.5. The molecule has 0 heterocycles. The number of anilines is 2. The average molecular weight is 240 g/mol. The van der Waals surface area contributed by atoms with Crippen LogP contribution in [0, 0.1) is 0 Å². The molecule has 0 spiro atoms. The van der Waals surface area contributed by atoms with Gasteiger partial charge in [0.15, 0.2) is 0 Å². The van der Waals surface area contributed by atoms with Crippen LogP contribution in [0.2, 0.25) is 0 Å². The molecule has 1 atom stereocenters. The van der Waals surface area contributed by atoms with Crippen LogP contribution < -0.4 is 15.8 Å². The topological polar surface area (TPSA) is 76.7 Å². The summed E-state index contributed by atoms with van der Waals surface area (Å²) < 4.78 is 10.2. The van der Waals surface area contributed by atoms with Crippen molar-refractivity contribution in [1.82, 2.24) is 0 Å². The number of nitrogens with one attached hydrogen (secondary N) is 1. The van der Waals surface area contributed by atoms with Crippen molar-refractivity contribution >= 4 is 11.4 Å². The van der Waals surface area contributed by atoms with E-state index in [4.69, 9.17) is 20.3 Å². The number of aliphatic hydroxyl groups excluding tert-OH is 1. The predicted octanol–water partition coefficient (Wildman–Crippen LogP) is 1.09. The van der Waals surface area contributed by atoms with Crippen molar-refractivity contribution < 1.29 is 14.6 Å². The van der Waals surface area contributed by atoms with Crippen LogP contribution in [-0.2, 0) is 4.74 Å². The van der Waals surface area contributed by atoms with E-state index in [9.17, 15) is 0 Å². The van der Waals surface area contributed by atoms with Gasteiger partial charge in [-0.05, 0) is 18.6 Å². The molecule has 0 amide bonds. The molecule has 96 valence electrons. The molecule has 0 saturated carbocycles. The Bertz CT molecular complexity index is 339. The summed E-state index contributed by atoms with van der Waals surface area (Å²) in [6.07, 6.45) is 0.602. The van der Waals surface area contributed by atoms with Crippen molar-refractivity contribution in [2.75, 3.05) is 38.5 Å². The second-order valence-electron chi connectivity index (χ2n) is 3.73. The second-order valence-corrected chi connectivity index (χ2v) is 3.73. The zero-order valence-electron chi connectivity index (χ0n) is 10.3. The molecule has 0 radical (unpaired) electrons. The monoisotopic (exact) mass is 240 g/mol. The fourth-order valence-corrected chi connectivity index (χ4v) is 1.62. The number of hydrogen-bond acceptors (Lipinski definition) is 5. The normalized spacial score (nSPS) is 12.2. The van der Waals surface area contributed by atoms with Gasteiger partial charge in [0.1, 0.15) is 5.75 Å². The van der Waals surface area contributed by atoms with Crippen LogP contribution in [0.3, 0.4) is 0 Å². The maximum absolute atomic E-state index is 8.96. The Labute approximate surface area is 102 Å². The standard InChI is InChI=1S/C12H20N2O3/c1-16-8-9(6-7-15)14-10-4-3-5-11(17-2)12(10)13/h3-5,9,14-15H,6-8,13H2,1-2H3. The van der Waals surface area contributed by atoms with E-state index in [1.165, 1.54) is 0 Å². The first-order chi connectivity index (χ1) is 8.22. The molecule has 0 aliphatic rings. The van der Waals surface area contributed by atoms with Crippen molar-refractivity contribution in [3.63, 3.8) is 0 Å². The number of ether oxygens (including phenoxy) is 2. The maximum Gasteiger partial charge on any atom is 0.143 e. The molecule has 0 saturated heterocycles. The van der Waals surface area contributed by atoms with Crippen LogP contribution in [-0.4, -0.2) is 38.6 Å². The number of benzene rings is 1. The second kappa shape index (κ2) is 6.98. The molecule has 5 nitrogen and oxygen atoms in total. The minimum absolute atomic E-state index is 0.0272. The van der Waals surface area contributed by atoms with Crippen molar-refractivity contribution in [3.05, 3.63) is 18.2 Å². The summed E-state index contributed by atoms with van der Waals surface area (Å²) in [4.78, 5) is 0. The van der Waals surface area contributed by atoms with E-state index in [2.05, 4.69) is 5.32 Å². The minimum Gasteiger partial charge on any atom is -0.495 e. The molecule has 0 bridgehead atoms. The molecule has 0 fully saturated rings. The summed E-state index contributed by atoms with van der Waals surface area (Å²) >= 11 is 0. The molecule has 5 heteroatoms. The smallest absolute Gasteiger partial charge is 0.143 e. The van der Waals surface area contributed by atoms with E-state index >= 15 is 0 Å². The van der Waals surface area contributed by atoms with E-state index < -0.39 is 0 Å². The summed E-state index contributed by atoms with van der Waals surface area (Å²) in [7, 11) is 3.21. The van der Waals surface area contributed by atoms with Crippen molar-refractivity contribution in [2.45, 2.75) is 12.5 Å². The van der Waals surface area contributed by atoms with Crippen molar-refractivity contribution in [1.29, 1.82) is 0 Å². The molecule has 1 unspecified atom stereocenters. The molecular weight excluding hydrogens is 220 g/mol. The van der Waals surface area contributed by atoms with Gasteiger partial charge in [-0.15, -0.1) is 0 Å².